The number of hydrogen-bond donors (Lipinski definition) is 0. The van der Waals surface area contributed by atoms with E-state index in [1.54, 1.807) is 25.4 Å². The minimum atomic E-state index is -1.73. The van der Waals surface area contributed by atoms with Crippen LogP contribution >= 0.6 is 0 Å². The van der Waals surface area contributed by atoms with Crippen molar-refractivity contribution in [3.63, 3.8) is 0 Å². The van der Waals surface area contributed by atoms with Gasteiger partial charge in [0.1, 0.15) is 5.60 Å². The Bertz CT molecular complexity index is 1240. The Balaban J connectivity index is 1.46. The van der Waals surface area contributed by atoms with Crippen molar-refractivity contribution in [2.45, 2.75) is 51.2 Å². The monoisotopic (exact) mass is 538 g/mol. The van der Waals surface area contributed by atoms with Crippen LogP contribution in [0.5, 0.6) is 0 Å². The minimum absolute atomic E-state index is 0.193. The van der Waals surface area contributed by atoms with Gasteiger partial charge < -0.3 is 9.47 Å². The molecule has 3 aromatic rings. The minimum Gasteiger partial charge on any atom is -0.443 e. The Labute approximate surface area is 226 Å². The summed E-state index contributed by atoms with van der Waals surface area (Å²) in [4.78, 5) is 23.6. The van der Waals surface area contributed by atoms with Crippen molar-refractivity contribution in [3.05, 3.63) is 89.2 Å². The summed E-state index contributed by atoms with van der Waals surface area (Å²) in [5.74, 6) is 0. The smallest absolute Gasteiger partial charge is 0.414 e. The summed E-state index contributed by atoms with van der Waals surface area (Å²) in [7, 11) is 1.68. The van der Waals surface area contributed by atoms with Crippen molar-refractivity contribution in [3.8, 4) is 0 Å². The van der Waals surface area contributed by atoms with Crippen LogP contribution in [-0.2, 0) is 29.8 Å². The highest BCUT2D eigenvalue weighted by molar-refractivity contribution is 7.80. The topological polar surface area (TPSA) is 87.2 Å². The molecule has 38 heavy (non-hydrogen) atoms. The van der Waals surface area contributed by atoms with Gasteiger partial charge in [-0.05, 0) is 76.1 Å². The lowest BCUT2D eigenvalue weighted by atomic mass is 10.1. The molecule has 0 aliphatic carbocycles. The van der Waals surface area contributed by atoms with Crippen molar-refractivity contribution < 1.29 is 27.7 Å². The van der Waals surface area contributed by atoms with E-state index in [-0.39, 0.29) is 12.9 Å². The predicted octanol–water partition coefficient (Wildman–Crippen LogP) is 6.64. The molecule has 0 spiro atoms. The molecule has 1 aromatic heterocycles. The molecule has 2 unspecified atom stereocenters. The Morgan fingerprint density at radius 3 is 2.24 bits per heavy atom. The number of rotatable bonds is 10. The van der Waals surface area contributed by atoms with Crippen LogP contribution < -0.4 is 4.90 Å². The van der Waals surface area contributed by atoms with Gasteiger partial charge in [0.25, 0.3) is 0 Å². The number of ether oxygens (including phenoxy) is 2. The van der Waals surface area contributed by atoms with Crippen molar-refractivity contribution in [1.82, 2.24) is 4.98 Å². The highest BCUT2D eigenvalue weighted by Gasteiger charge is 2.20. The SMILES string of the molecule is Cc1ccc(S(=O)OOCOC(C)c2ccc(/C=C/c3ccc(N(C)C(=O)OC(C)(C)C)cc3)cn2)cc1. The van der Waals surface area contributed by atoms with Crippen LogP contribution in [-0.4, -0.2) is 34.7 Å². The van der Waals surface area contributed by atoms with E-state index in [4.69, 9.17) is 18.7 Å². The molecular weight excluding hydrogens is 504 g/mol. The van der Waals surface area contributed by atoms with Crippen LogP contribution in [0.4, 0.5) is 10.5 Å². The van der Waals surface area contributed by atoms with E-state index in [1.165, 1.54) is 4.90 Å². The van der Waals surface area contributed by atoms with Gasteiger partial charge in [-0.1, -0.05) is 48.0 Å². The first-order valence-electron chi connectivity index (χ1n) is 12.1. The van der Waals surface area contributed by atoms with Gasteiger partial charge in [0.2, 0.25) is 11.1 Å². The maximum Gasteiger partial charge on any atom is 0.414 e. The van der Waals surface area contributed by atoms with Gasteiger partial charge >= 0.3 is 6.09 Å². The molecule has 3 rings (SSSR count). The van der Waals surface area contributed by atoms with Crippen molar-refractivity contribution >= 4 is 35.0 Å². The summed E-state index contributed by atoms with van der Waals surface area (Å²) < 4.78 is 27.9. The van der Waals surface area contributed by atoms with E-state index < -0.39 is 22.8 Å². The largest absolute Gasteiger partial charge is 0.443 e. The van der Waals surface area contributed by atoms with Crippen LogP contribution in [0.2, 0.25) is 0 Å². The number of hydrogen-bond acceptors (Lipinski definition) is 7. The van der Waals surface area contributed by atoms with E-state index in [2.05, 4.69) is 4.98 Å². The molecule has 1 heterocycles. The van der Waals surface area contributed by atoms with Gasteiger partial charge in [-0.25, -0.2) is 9.00 Å². The number of benzene rings is 2. The summed E-state index contributed by atoms with van der Waals surface area (Å²) in [6, 6.07) is 18.5. The zero-order chi connectivity index (χ0) is 27.7. The fraction of sp³-hybridized carbons (Fsp3) is 0.310. The molecule has 9 heteroatoms. The molecule has 202 valence electrons. The van der Waals surface area contributed by atoms with Crippen LogP contribution in [0.3, 0.4) is 0 Å². The molecule has 8 nitrogen and oxygen atoms in total. The third-order valence-electron chi connectivity index (χ3n) is 5.33. The number of pyridine rings is 1. The third-order valence-corrected chi connectivity index (χ3v) is 6.21. The number of amides is 1. The first kappa shape index (κ1) is 29.2. The van der Waals surface area contributed by atoms with Gasteiger partial charge in [0, 0.05) is 18.9 Å². The number of aromatic nitrogens is 1. The molecule has 0 radical (unpaired) electrons. The first-order chi connectivity index (χ1) is 18.0. The van der Waals surface area contributed by atoms with E-state index in [1.807, 2.05) is 95.3 Å². The zero-order valence-corrected chi connectivity index (χ0v) is 23.4. The quantitative estimate of drug-likeness (QED) is 0.124. The molecule has 0 aliphatic rings. The Morgan fingerprint density at radius 1 is 1.00 bits per heavy atom. The van der Waals surface area contributed by atoms with Gasteiger partial charge in [0.15, 0.2) is 6.79 Å². The molecule has 0 saturated heterocycles. The predicted molar refractivity (Wildman–Crippen MR) is 148 cm³/mol. The van der Waals surface area contributed by atoms with Crippen molar-refractivity contribution in [1.29, 1.82) is 0 Å². The van der Waals surface area contributed by atoms with Crippen molar-refractivity contribution in [2.75, 3.05) is 18.7 Å². The molecule has 2 aromatic carbocycles. The molecule has 0 saturated carbocycles. The number of aryl methyl sites for hydroxylation is 1. The second-order valence-electron chi connectivity index (χ2n) is 9.64. The van der Waals surface area contributed by atoms with Gasteiger partial charge in [-0.3, -0.25) is 9.88 Å². The normalized spacial score (nSPS) is 13.3. The van der Waals surface area contributed by atoms with E-state index in [0.717, 1.165) is 28.1 Å². The summed E-state index contributed by atoms with van der Waals surface area (Å²) >= 11 is -1.73. The molecular formula is C29H34N2O6S. The average Bonchev–Trinajstić information content (AvgIpc) is 2.89. The Morgan fingerprint density at radius 2 is 1.63 bits per heavy atom. The lowest BCUT2D eigenvalue weighted by Gasteiger charge is -2.24. The fourth-order valence-electron chi connectivity index (χ4n) is 3.16. The van der Waals surface area contributed by atoms with Crippen LogP contribution in [0, 0.1) is 6.92 Å². The molecule has 0 bridgehead atoms. The lowest BCUT2D eigenvalue weighted by Crippen LogP contribution is -2.34. The van der Waals surface area contributed by atoms with Gasteiger partial charge in [-0.2, -0.15) is 4.89 Å². The molecule has 0 fully saturated rings. The standard InChI is InChI=1S/C29H34N2O6S/c1-21-7-16-26(17-8-21)38(33)37-35-20-34-22(2)27-18-13-24(19-30-27)10-9-23-11-14-25(15-12-23)31(6)28(32)36-29(3,4)5/h7-19,22H,20H2,1-6H3/b10-9+. The van der Waals surface area contributed by atoms with Crippen molar-refractivity contribution in [2.24, 2.45) is 0 Å². The summed E-state index contributed by atoms with van der Waals surface area (Å²) in [5.41, 5.74) is 3.88. The molecule has 0 aliphatic heterocycles. The van der Waals surface area contributed by atoms with Crippen LogP contribution in [0.15, 0.2) is 71.8 Å². The summed E-state index contributed by atoms with van der Waals surface area (Å²) in [6.45, 7) is 9.11. The highest BCUT2D eigenvalue weighted by atomic mass is 32.2. The number of carbonyl (C=O) groups is 1. The van der Waals surface area contributed by atoms with E-state index >= 15 is 0 Å². The van der Waals surface area contributed by atoms with Crippen LogP contribution in [0.25, 0.3) is 12.2 Å². The summed E-state index contributed by atoms with van der Waals surface area (Å²) in [6.07, 6.45) is 4.92. The maximum atomic E-state index is 12.2. The zero-order valence-electron chi connectivity index (χ0n) is 22.5. The number of nitrogens with zero attached hydrogens (tertiary/aromatic N) is 2. The van der Waals surface area contributed by atoms with Gasteiger partial charge in [0.05, 0.1) is 16.7 Å². The highest BCUT2D eigenvalue weighted by Crippen LogP contribution is 2.20. The average molecular weight is 539 g/mol. The number of anilines is 1. The van der Waals surface area contributed by atoms with Gasteiger partial charge in [-0.15, -0.1) is 4.33 Å². The van der Waals surface area contributed by atoms with E-state index in [9.17, 15) is 9.00 Å². The second-order valence-corrected chi connectivity index (χ2v) is 10.7. The molecule has 0 N–H and O–H groups in total. The Hall–Kier alpha value is -3.37. The third kappa shape index (κ3) is 9.18. The fourth-order valence-corrected chi connectivity index (χ4v) is 3.72. The maximum absolute atomic E-state index is 12.2. The molecule has 2 atom stereocenters. The number of carbonyl (C=O) groups excluding carboxylic acids is 1. The first-order valence-corrected chi connectivity index (χ1v) is 13.2. The Kier molecular flexibility index (Phi) is 10.3. The summed E-state index contributed by atoms with van der Waals surface area (Å²) in [5, 5.41) is 0. The second kappa shape index (κ2) is 13.4. The molecule has 1 amide bonds. The van der Waals surface area contributed by atoms with Crippen LogP contribution in [0.1, 0.15) is 56.2 Å². The lowest BCUT2D eigenvalue weighted by molar-refractivity contribution is -0.268. The van der Waals surface area contributed by atoms with E-state index in [0.29, 0.717) is 4.90 Å².